The molecule has 0 atom stereocenters. The summed E-state index contributed by atoms with van der Waals surface area (Å²) in [4.78, 5) is 17.0. The molecule has 1 saturated heterocycles. The Hall–Kier alpha value is -3.13. The number of rotatable bonds is 4. The molecule has 7 nitrogen and oxygen atoms in total. The molecule has 1 fully saturated rings. The average molecular weight is 372 g/mol. The molecule has 3 N–H and O–H groups in total. The monoisotopic (exact) mass is 372 g/mol. The van der Waals surface area contributed by atoms with Crippen molar-refractivity contribution >= 4 is 34.6 Å². The molecule has 0 spiro atoms. The van der Waals surface area contributed by atoms with Gasteiger partial charge >= 0.3 is 0 Å². The molecular formula is C18H16N2O5S. The standard InChI is InChI=1S/C18H16N2O5S/c1-24-11-4-5-12(15(9-11)25-2)19-18-20-17(23)16(26-18)8-10-3-6-13(21)14(22)7-10/h3-9,21-22H,1-2H3,(H,19,20,23). The maximum atomic E-state index is 12.1. The summed E-state index contributed by atoms with van der Waals surface area (Å²) in [6.45, 7) is 0. The zero-order valence-electron chi connectivity index (χ0n) is 14.0. The first-order chi connectivity index (χ1) is 12.5. The Labute approximate surface area is 154 Å². The fourth-order valence-electron chi connectivity index (χ4n) is 2.25. The van der Waals surface area contributed by atoms with Gasteiger partial charge in [0.05, 0.1) is 19.1 Å². The largest absolute Gasteiger partial charge is 0.504 e. The van der Waals surface area contributed by atoms with E-state index in [0.29, 0.717) is 32.8 Å². The van der Waals surface area contributed by atoms with Gasteiger partial charge in [-0.2, -0.15) is 0 Å². The fourth-order valence-corrected chi connectivity index (χ4v) is 3.08. The van der Waals surface area contributed by atoms with Crippen LogP contribution in [-0.4, -0.2) is 35.5 Å². The highest BCUT2D eigenvalue weighted by atomic mass is 32.2. The summed E-state index contributed by atoms with van der Waals surface area (Å²) < 4.78 is 10.4. The number of carbonyl (C=O) groups is 1. The Morgan fingerprint density at radius 3 is 2.58 bits per heavy atom. The van der Waals surface area contributed by atoms with E-state index < -0.39 is 0 Å². The van der Waals surface area contributed by atoms with Gasteiger partial charge in [-0.25, -0.2) is 4.99 Å². The number of amides is 1. The van der Waals surface area contributed by atoms with Crippen molar-refractivity contribution < 1.29 is 24.5 Å². The first kappa shape index (κ1) is 17.7. The molecule has 26 heavy (non-hydrogen) atoms. The Bertz CT molecular complexity index is 924. The molecule has 0 aromatic heterocycles. The third kappa shape index (κ3) is 3.75. The van der Waals surface area contributed by atoms with Crippen LogP contribution in [0.4, 0.5) is 5.69 Å². The van der Waals surface area contributed by atoms with E-state index in [1.807, 2.05) is 0 Å². The van der Waals surface area contributed by atoms with Gasteiger partial charge < -0.3 is 25.0 Å². The highest BCUT2D eigenvalue weighted by Gasteiger charge is 2.24. The fraction of sp³-hybridized carbons (Fsp3) is 0.111. The maximum Gasteiger partial charge on any atom is 0.264 e. The van der Waals surface area contributed by atoms with Crippen LogP contribution in [0, 0.1) is 0 Å². The molecule has 0 bridgehead atoms. The topological polar surface area (TPSA) is 100 Å². The predicted octanol–water partition coefficient (Wildman–Crippen LogP) is 3.01. The van der Waals surface area contributed by atoms with Gasteiger partial charge in [0.25, 0.3) is 5.91 Å². The van der Waals surface area contributed by atoms with Crippen LogP contribution in [0.1, 0.15) is 5.56 Å². The lowest BCUT2D eigenvalue weighted by atomic mass is 10.2. The molecule has 2 aromatic rings. The molecule has 0 radical (unpaired) electrons. The van der Waals surface area contributed by atoms with Crippen molar-refractivity contribution in [3.63, 3.8) is 0 Å². The highest BCUT2D eigenvalue weighted by Crippen LogP contribution is 2.35. The number of ether oxygens (including phenoxy) is 2. The highest BCUT2D eigenvalue weighted by molar-refractivity contribution is 8.18. The number of thioether (sulfide) groups is 1. The van der Waals surface area contributed by atoms with Crippen LogP contribution in [0.3, 0.4) is 0 Å². The van der Waals surface area contributed by atoms with Crippen molar-refractivity contribution in [1.29, 1.82) is 0 Å². The molecule has 1 aliphatic rings. The predicted molar refractivity (Wildman–Crippen MR) is 100 cm³/mol. The second kappa shape index (κ2) is 7.40. The summed E-state index contributed by atoms with van der Waals surface area (Å²) >= 11 is 1.17. The number of carbonyl (C=O) groups excluding carboxylic acids is 1. The van der Waals surface area contributed by atoms with E-state index in [1.165, 1.54) is 31.0 Å². The Kier molecular flexibility index (Phi) is 5.04. The Balaban J connectivity index is 1.86. The summed E-state index contributed by atoms with van der Waals surface area (Å²) in [7, 11) is 3.09. The number of hydrogen-bond donors (Lipinski definition) is 3. The van der Waals surface area contributed by atoms with Gasteiger partial charge in [0.1, 0.15) is 17.2 Å². The smallest absolute Gasteiger partial charge is 0.264 e. The number of nitrogens with zero attached hydrogens (tertiary/aromatic N) is 1. The van der Waals surface area contributed by atoms with Gasteiger partial charge in [-0.15, -0.1) is 0 Å². The Morgan fingerprint density at radius 1 is 1.08 bits per heavy atom. The van der Waals surface area contributed by atoms with Gasteiger partial charge in [0.2, 0.25) is 0 Å². The number of methoxy groups -OCH3 is 2. The van der Waals surface area contributed by atoms with Crippen molar-refractivity contribution in [3.8, 4) is 23.0 Å². The van der Waals surface area contributed by atoms with E-state index in [9.17, 15) is 15.0 Å². The molecule has 3 rings (SSSR count). The molecule has 1 amide bonds. The number of phenols is 2. The Morgan fingerprint density at radius 2 is 1.88 bits per heavy atom. The lowest BCUT2D eigenvalue weighted by molar-refractivity contribution is -0.115. The number of aromatic hydroxyl groups is 2. The van der Waals surface area contributed by atoms with E-state index in [0.717, 1.165) is 0 Å². The number of phenolic OH excluding ortho intramolecular Hbond substituents is 2. The molecule has 0 unspecified atom stereocenters. The van der Waals surface area contributed by atoms with Gasteiger partial charge in [0.15, 0.2) is 16.7 Å². The average Bonchev–Trinajstić information content (AvgIpc) is 2.97. The molecule has 0 saturated carbocycles. The van der Waals surface area contributed by atoms with Crippen LogP contribution in [0.25, 0.3) is 6.08 Å². The molecular weight excluding hydrogens is 356 g/mol. The van der Waals surface area contributed by atoms with Crippen molar-refractivity contribution in [2.75, 3.05) is 14.2 Å². The molecule has 1 aliphatic heterocycles. The number of amidine groups is 1. The van der Waals surface area contributed by atoms with E-state index >= 15 is 0 Å². The first-order valence-corrected chi connectivity index (χ1v) is 8.35. The zero-order valence-corrected chi connectivity index (χ0v) is 14.8. The summed E-state index contributed by atoms with van der Waals surface area (Å²) in [5.74, 6) is 0.396. The first-order valence-electron chi connectivity index (χ1n) is 7.53. The van der Waals surface area contributed by atoms with E-state index in [-0.39, 0.29) is 17.4 Å². The van der Waals surface area contributed by atoms with Gasteiger partial charge in [-0.3, -0.25) is 4.79 Å². The van der Waals surface area contributed by atoms with Crippen LogP contribution in [0.2, 0.25) is 0 Å². The number of benzene rings is 2. The molecule has 0 aliphatic carbocycles. The SMILES string of the molecule is COc1ccc(N=C2NC(=O)C(=Cc3ccc(O)c(O)c3)S2)c(OC)c1. The third-order valence-corrected chi connectivity index (χ3v) is 4.47. The van der Waals surface area contributed by atoms with Crippen LogP contribution < -0.4 is 14.8 Å². The molecule has 134 valence electrons. The van der Waals surface area contributed by atoms with E-state index in [4.69, 9.17) is 9.47 Å². The van der Waals surface area contributed by atoms with Gasteiger partial charge in [-0.1, -0.05) is 6.07 Å². The van der Waals surface area contributed by atoms with Crippen molar-refractivity contribution in [2.45, 2.75) is 0 Å². The van der Waals surface area contributed by atoms with Crippen molar-refractivity contribution in [2.24, 2.45) is 4.99 Å². The molecule has 8 heteroatoms. The third-order valence-electron chi connectivity index (χ3n) is 3.56. The summed E-state index contributed by atoms with van der Waals surface area (Å²) in [6, 6.07) is 9.51. The second-order valence-electron chi connectivity index (χ2n) is 5.27. The second-order valence-corrected chi connectivity index (χ2v) is 6.30. The minimum Gasteiger partial charge on any atom is -0.504 e. The zero-order chi connectivity index (χ0) is 18.7. The maximum absolute atomic E-state index is 12.1. The van der Waals surface area contributed by atoms with Crippen LogP contribution in [0.15, 0.2) is 46.3 Å². The molecule has 2 aromatic carbocycles. The summed E-state index contributed by atoms with van der Waals surface area (Å²) in [6.07, 6.45) is 1.60. The number of nitrogens with one attached hydrogen (secondary N) is 1. The van der Waals surface area contributed by atoms with Crippen LogP contribution in [0.5, 0.6) is 23.0 Å². The van der Waals surface area contributed by atoms with Crippen molar-refractivity contribution in [3.05, 3.63) is 46.9 Å². The summed E-state index contributed by atoms with van der Waals surface area (Å²) in [5, 5.41) is 22.0. The summed E-state index contributed by atoms with van der Waals surface area (Å²) in [5.41, 5.74) is 1.14. The van der Waals surface area contributed by atoms with Gasteiger partial charge in [0, 0.05) is 6.07 Å². The quantitative estimate of drug-likeness (QED) is 0.563. The number of hydrogen-bond acceptors (Lipinski definition) is 7. The van der Waals surface area contributed by atoms with E-state index in [2.05, 4.69) is 10.3 Å². The lowest BCUT2D eigenvalue weighted by Gasteiger charge is -2.07. The normalized spacial score (nSPS) is 16.8. The minimum atomic E-state index is -0.297. The lowest BCUT2D eigenvalue weighted by Crippen LogP contribution is -2.19. The minimum absolute atomic E-state index is 0.218. The van der Waals surface area contributed by atoms with E-state index in [1.54, 1.807) is 37.5 Å². The van der Waals surface area contributed by atoms with Crippen molar-refractivity contribution in [1.82, 2.24) is 5.32 Å². The van der Waals surface area contributed by atoms with Crippen LogP contribution in [-0.2, 0) is 4.79 Å². The number of aliphatic imine (C=N–C) groups is 1. The van der Waals surface area contributed by atoms with Crippen LogP contribution >= 0.6 is 11.8 Å². The van der Waals surface area contributed by atoms with Gasteiger partial charge in [-0.05, 0) is 47.7 Å². The molecule has 1 heterocycles.